The number of methoxy groups -OCH3 is 1. The number of ether oxygens (including phenoxy) is 1. The van der Waals surface area contributed by atoms with E-state index in [4.69, 9.17) is 16.3 Å². The van der Waals surface area contributed by atoms with Gasteiger partial charge in [-0.3, -0.25) is 4.79 Å². The van der Waals surface area contributed by atoms with Crippen LogP contribution in [0.5, 0.6) is 5.88 Å². The molecule has 0 aliphatic heterocycles. The summed E-state index contributed by atoms with van der Waals surface area (Å²) < 4.78 is 4.94. The zero-order valence-electron chi connectivity index (χ0n) is 9.62. The molecule has 0 radical (unpaired) electrons. The summed E-state index contributed by atoms with van der Waals surface area (Å²) in [4.78, 5) is 14.7. The molecule has 0 aliphatic rings. The van der Waals surface area contributed by atoms with Gasteiger partial charge in [0.1, 0.15) is 5.02 Å². The maximum Gasteiger partial charge on any atom is 0.232 e. The number of halogens is 1. The summed E-state index contributed by atoms with van der Waals surface area (Å²) >= 11 is 7.18. The fraction of sp³-hybridized carbons (Fsp3) is 0.333. The summed E-state index contributed by atoms with van der Waals surface area (Å²) in [6.45, 7) is 1.55. The number of carbonyl (C=O) groups excluding carboxylic acids is 1. The molecule has 1 aromatic rings. The van der Waals surface area contributed by atoms with E-state index in [1.165, 1.54) is 18.9 Å². The lowest BCUT2D eigenvalue weighted by atomic mass is 10.3. The second-order valence-electron chi connectivity index (χ2n) is 3.11. The molecule has 0 atom stereocenters. The predicted octanol–water partition coefficient (Wildman–Crippen LogP) is 2.76. The summed E-state index contributed by atoms with van der Waals surface area (Å²) in [5.74, 6) is 6.99. The van der Waals surface area contributed by atoms with Crippen LogP contribution in [0.4, 0.5) is 0 Å². The molecular formula is C12H12ClNO2S. The van der Waals surface area contributed by atoms with Crippen LogP contribution in [0.3, 0.4) is 0 Å². The van der Waals surface area contributed by atoms with Gasteiger partial charge in [0, 0.05) is 30.9 Å². The first kappa shape index (κ1) is 13.9. The number of thioether (sulfide) groups is 1. The van der Waals surface area contributed by atoms with Crippen molar-refractivity contribution in [2.75, 3.05) is 12.9 Å². The van der Waals surface area contributed by atoms with Crippen molar-refractivity contribution in [3.8, 4) is 17.7 Å². The van der Waals surface area contributed by atoms with Crippen LogP contribution in [0.25, 0.3) is 0 Å². The molecule has 0 N–H and O–H groups in total. The van der Waals surface area contributed by atoms with Gasteiger partial charge in [-0.25, -0.2) is 4.98 Å². The Balaban J connectivity index is 2.54. The number of rotatable bonds is 3. The molecule has 5 heteroatoms. The molecule has 1 heterocycles. The lowest BCUT2D eigenvalue weighted by Gasteiger charge is -2.00. The number of pyridine rings is 1. The number of carbonyl (C=O) groups is 1. The first-order valence-electron chi connectivity index (χ1n) is 4.95. The molecule has 0 aromatic carbocycles. The lowest BCUT2D eigenvalue weighted by molar-refractivity contribution is -0.109. The van der Waals surface area contributed by atoms with Gasteiger partial charge < -0.3 is 4.74 Å². The van der Waals surface area contributed by atoms with Crippen molar-refractivity contribution in [3.05, 3.63) is 22.8 Å². The molecule has 1 aromatic heterocycles. The van der Waals surface area contributed by atoms with Gasteiger partial charge in [-0.15, -0.1) is 0 Å². The van der Waals surface area contributed by atoms with E-state index >= 15 is 0 Å². The molecule has 0 amide bonds. The van der Waals surface area contributed by atoms with E-state index in [1.807, 2.05) is 0 Å². The third kappa shape index (κ3) is 5.12. The van der Waals surface area contributed by atoms with Crippen molar-refractivity contribution in [2.24, 2.45) is 0 Å². The summed E-state index contributed by atoms with van der Waals surface area (Å²) in [5, 5.41) is 0.554. The van der Waals surface area contributed by atoms with Crippen LogP contribution in [0, 0.1) is 11.8 Å². The van der Waals surface area contributed by atoms with Gasteiger partial charge in [-0.05, 0) is 6.07 Å². The Hall–Kier alpha value is -1.18. The number of aromatic nitrogens is 1. The van der Waals surface area contributed by atoms with E-state index in [0.717, 1.165) is 5.56 Å². The van der Waals surface area contributed by atoms with Crippen molar-refractivity contribution < 1.29 is 9.53 Å². The van der Waals surface area contributed by atoms with Crippen molar-refractivity contribution in [2.45, 2.75) is 13.3 Å². The van der Waals surface area contributed by atoms with Crippen molar-refractivity contribution >= 4 is 28.5 Å². The highest BCUT2D eigenvalue weighted by Crippen LogP contribution is 2.21. The number of nitrogens with zero attached hydrogens (tertiary/aromatic N) is 1. The Morgan fingerprint density at radius 3 is 3.00 bits per heavy atom. The van der Waals surface area contributed by atoms with Crippen molar-refractivity contribution in [1.82, 2.24) is 4.98 Å². The molecule has 0 spiro atoms. The maximum absolute atomic E-state index is 10.7. The molecule has 0 unspecified atom stereocenters. The third-order valence-electron chi connectivity index (χ3n) is 1.77. The standard InChI is InChI=1S/C12H12ClNO2S/c1-9(15)17-6-4-3-5-10-7-11(13)12(16-2)14-8-10/h7-8H,4,6H2,1-2H3. The molecule has 0 saturated carbocycles. The van der Waals surface area contributed by atoms with E-state index in [9.17, 15) is 4.79 Å². The zero-order valence-corrected chi connectivity index (χ0v) is 11.2. The summed E-state index contributed by atoms with van der Waals surface area (Å²) in [7, 11) is 1.51. The van der Waals surface area contributed by atoms with Gasteiger partial charge in [0.2, 0.25) is 5.88 Å². The van der Waals surface area contributed by atoms with Gasteiger partial charge in [0.25, 0.3) is 0 Å². The lowest BCUT2D eigenvalue weighted by Crippen LogP contribution is -1.89. The largest absolute Gasteiger partial charge is 0.480 e. The van der Waals surface area contributed by atoms with Gasteiger partial charge in [-0.1, -0.05) is 35.2 Å². The highest BCUT2D eigenvalue weighted by atomic mass is 35.5. The molecule has 0 fully saturated rings. The maximum atomic E-state index is 10.7. The summed E-state index contributed by atoms with van der Waals surface area (Å²) in [5.41, 5.74) is 0.739. The number of hydrogen-bond donors (Lipinski definition) is 0. The average molecular weight is 270 g/mol. The second-order valence-corrected chi connectivity index (χ2v) is 4.79. The summed E-state index contributed by atoms with van der Waals surface area (Å²) in [6, 6.07) is 1.71. The molecule has 0 bridgehead atoms. The zero-order chi connectivity index (χ0) is 12.7. The molecule has 1 rings (SSSR count). The monoisotopic (exact) mass is 269 g/mol. The SMILES string of the molecule is COc1ncc(C#CCCSC(C)=O)cc1Cl. The molecule has 3 nitrogen and oxygen atoms in total. The van der Waals surface area contributed by atoms with E-state index < -0.39 is 0 Å². The normalized spacial score (nSPS) is 9.35. The van der Waals surface area contributed by atoms with E-state index in [0.29, 0.717) is 23.1 Å². The Morgan fingerprint density at radius 2 is 2.41 bits per heavy atom. The predicted molar refractivity (Wildman–Crippen MR) is 70.4 cm³/mol. The van der Waals surface area contributed by atoms with Crippen LogP contribution in [-0.4, -0.2) is 23.0 Å². The van der Waals surface area contributed by atoms with Crippen LogP contribution in [0.1, 0.15) is 18.9 Å². The minimum absolute atomic E-state index is 0.112. The summed E-state index contributed by atoms with van der Waals surface area (Å²) in [6.07, 6.45) is 2.27. The number of hydrogen-bond acceptors (Lipinski definition) is 4. The van der Waals surface area contributed by atoms with Crippen molar-refractivity contribution in [3.63, 3.8) is 0 Å². The minimum Gasteiger partial charge on any atom is -0.480 e. The average Bonchev–Trinajstić information content (AvgIpc) is 2.28. The minimum atomic E-state index is 0.112. The Kier molecular flexibility index (Phi) is 5.88. The highest BCUT2D eigenvalue weighted by Gasteiger charge is 2.01. The van der Waals surface area contributed by atoms with Gasteiger partial charge in [0.05, 0.1) is 7.11 Å². The molecule has 0 saturated heterocycles. The van der Waals surface area contributed by atoms with Crippen LogP contribution in [0.15, 0.2) is 12.3 Å². The van der Waals surface area contributed by atoms with E-state index in [-0.39, 0.29) is 5.12 Å². The van der Waals surface area contributed by atoms with E-state index in [2.05, 4.69) is 16.8 Å². The highest BCUT2D eigenvalue weighted by molar-refractivity contribution is 8.13. The topological polar surface area (TPSA) is 39.2 Å². The first-order chi connectivity index (χ1) is 8.13. The Morgan fingerprint density at radius 1 is 1.65 bits per heavy atom. The van der Waals surface area contributed by atoms with Crippen LogP contribution in [0.2, 0.25) is 5.02 Å². The fourth-order valence-corrected chi connectivity index (χ4v) is 1.79. The van der Waals surface area contributed by atoms with Crippen LogP contribution < -0.4 is 4.74 Å². The second kappa shape index (κ2) is 7.21. The Labute approximate surface area is 110 Å². The van der Waals surface area contributed by atoms with Crippen molar-refractivity contribution in [1.29, 1.82) is 0 Å². The van der Waals surface area contributed by atoms with Gasteiger partial charge >= 0.3 is 0 Å². The molecule has 90 valence electrons. The van der Waals surface area contributed by atoms with Gasteiger partial charge in [-0.2, -0.15) is 0 Å². The van der Waals surface area contributed by atoms with Gasteiger partial charge in [0.15, 0.2) is 5.12 Å². The molecule has 17 heavy (non-hydrogen) atoms. The third-order valence-corrected chi connectivity index (χ3v) is 2.85. The fourth-order valence-electron chi connectivity index (χ4n) is 1.05. The van der Waals surface area contributed by atoms with Crippen LogP contribution >= 0.6 is 23.4 Å². The van der Waals surface area contributed by atoms with Crippen LogP contribution in [-0.2, 0) is 4.79 Å². The quantitative estimate of drug-likeness (QED) is 0.625. The Bertz CT molecular complexity index is 465. The molecule has 0 aliphatic carbocycles. The van der Waals surface area contributed by atoms with E-state index in [1.54, 1.807) is 19.2 Å². The molecular weight excluding hydrogens is 258 g/mol. The first-order valence-corrected chi connectivity index (χ1v) is 6.31. The smallest absolute Gasteiger partial charge is 0.232 e.